The van der Waals surface area contributed by atoms with Gasteiger partial charge in [0.1, 0.15) is 17.2 Å². The molecular weight excluding hydrogens is 354 g/mol. The van der Waals surface area contributed by atoms with Crippen LogP contribution >= 0.6 is 27.7 Å². The first-order valence-corrected chi connectivity index (χ1v) is 8.05. The number of esters is 1. The Balaban J connectivity index is 2.05. The number of hydrogen-bond acceptors (Lipinski definition) is 6. The number of carbonyl (C=O) groups is 1. The smallest absolute Gasteiger partial charge is 0.343 e. The van der Waals surface area contributed by atoms with Crippen LogP contribution in [0.15, 0.2) is 39.8 Å². The Labute approximate surface area is 135 Å². The fourth-order valence-electron chi connectivity index (χ4n) is 1.57. The second kappa shape index (κ2) is 7.42. The highest BCUT2D eigenvalue weighted by Gasteiger charge is 2.13. The molecule has 0 unspecified atom stereocenters. The Morgan fingerprint density at radius 3 is 2.95 bits per heavy atom. The maximum absolute atomic E-state index is 11.6. The van der Waals surface area contributed by atoms with E-state index in [4.69, 9.17) is 10.5 Å². The van der Waals surface area contributed by atoms with Gasteiger partial charge in [0.2, 0.25) is 0 Å². The molecule has 5 nitrogen and oxygen atoms in total. The fourth-order valence-corrected chi connectivity index (χ4v) is 2.94. The van der Waals surface area contributed by atoms with Crippen molar-refractivity contribution in [1.29, 1.82) is 0 Å². The highest BCUT2D eigenvalue weighted by atomic mass is 79.9. The maximum Gasteiger partial charge on any atom is 0.343 e. The maximum atomic E-state index is 11.6. The quantitative estimate of drug-likeness (QED) is 0.645. The van der Waals surface area contributed by atoms with E-state index in [1.54, 1.807) is 18.7 Å². The predicted molar refractivity (Wildman–Crippen MR) is 86.1 cm³/mol. The standard InChI is InChI=1S/C14H14BrN3O2S/c1-2-20-14(19)11-7-17-12(18-13(11)16)8-21-10-5-3-4-9(15)6-10/h3-7H,2,8H2,1H3,(H2,16,17,18). The van der Waals surface area contributed by atoms with Gasteiger partial charge in [-0.1, -0.05) is 22.0 Å². The number of thioether (sulfide) groups is 1. The Hall–Kier alpha value is -1.60. The van der Waals surface area contributed by atoms with Gasteiger partial charge in [-0.15, -0.1) is 11.8 Å². The summed E-state index contributed by atoms with van der Waals surface area (Å²) in [6.45, 7) is 2.02. The lowest BCUT2D eigenvalue weighted by atomic mass is 10.3. The van der Waals surface area contributed by atoms with Crippen LogP contribution in [0.25, 0.3) is 0 Å². The molecular formula is C14H14BrN3O2S. The minimum Gasteiger partial charge on any atom is -0.462 e. The van der Waals surface area contributed by atoms with Crippen molar-refractivity contribution in [2.45, 2.75) is 17.6 Å². The average Bonchev–Trinajstić information content (AvgIpc) is 2.45. The van der Waals surface area contributed by atoms with Crippen molar-refractivity contribution in [2.24, 2.45) is 0 Å². The van der Waals surface area contributed by atoms with E-state index in [2.05, 4.69) is 25.9 Å². The van der Waals surface area contributed by atoms with Crippen LogP contribution < -0.4 is 5.73 Å². The summed E-state index contributed by atoms with van der Waals surface area (Å²) < 4.78 is 5.90. The van der Waals surface area contributed by atoms with E-state index in [0.29, 0.717) is 18.2 Å². The number of nitrogen functional groups attached to an aromatic ring is 1. The first-order valence-electron chi connectivity index (χ1n) is 6.27. The Morgan fingerprint density at radius 2 is 2.29 bits per heavy atom. The summed E-state index contributed by atoms with van der Waals surface area (Å²) >= 11 is 5.02. The van der Waals surface area contributed by atoms with E-state index in [9.17, 15) is 4.79 Å². The van der Waals surface area contributed by atoms with Crippen molar-refractivity contribution in [3.05, 3.63) is 46.3 Å². The van der Waals surface area contributed by atoms with Gasteiger partial charge in [-0.25, -0.2) is 14.8 Å². The third-order valence-corrected chi connectivity index (χ3v) is 4.01. The van der Waals surface area contributed by atoms with Crippen LogP contribution in [0.3, 0.4) is 0 Å². The molecule has 0 fully saturated rings. The third-order valence-electron chi connectivity index (χ3n) is 2.53. The summed E-state index contributed by atoms with van der Waals surface area (Å²) in [5.41, 5.74) is 5.98. The lowest BCUT2D eigenvalue weighted by molar-refractivity contribution is 0.0526. The Kier molecular flexibility index (Phi) is 5.58. The zero-order valence-electron chi connectivity index (χ0n) is 11.4. The fraction of sp³-hybridized carbons (Fsp3) is 0.214. The number of ether oxygens (including phenoxy) is 1. The molecule has 0 aliphatic rings. The number of halogens is 1. The predicted octanol–water partition coefficient (Wildman–Crippen LogP) is 3.29. The van der Waals surface area contributed by atoms with Crippen molar-refractivity contribution in [2.75, 3.05) is 12.3 Å². The van der Waals surface area contributed by atoms with Crippen LogP contribution in [-0.4, -0.2) is 22.5 Å². The molecule has 0 atom stereocenters. The molecule has 0 saturated heterocycles. The SMILES string of the molecule is CCOC(=O)c1cnc(CSc2cccc(Br)c2)nc1N. The van der Waals surface area contributed by atoms with Gasteiger partial charge >= 0.3 is 5.97 Å². The van der Waals surface area contributed by atoms with Gasteiger partial charge in [0.25, 0.3) is 0 Å². The molecule has 2 N–H and O–H groups in total. The highest BCUT2D eigenvalue weighted by Crippen LogP contribution is 2.24. The zero-order chi connectivity index (χ0) is 15.2. The largest absolute Gasteiger partial charge is 0.462 e. The summed E-state index contributed by atoms with van der Waals surface area (Å²) in [7, 11) is 0. The lowest BCUT2D eigenvalue weighted by Crippen LogP contribution is -2.11. The van der Waals surface area contributed by atoms with Gasteiger partial charge in [0.15, 0.2) is 0 Å². The average molecular weight is 368 g/mol. The summed E-state index contributed by atoms with van der Waals surface area (Å²) in [5, 5.41) is 0. The van der Waals surface area contributed by atoms with Gasteiger partial charge < -0.3 is 10.5 Å². The van der Waals surface area contributed by atoms with Gasteiger partial charge in [-0.2, -0.15) is 0 Å². The van der Waals surface area contributed by atoms with Crippen molar-refractivity contribution < 1.29 is 9.53 Å². The molecule has 7 heteroatoms. The number of anilines is 1. The molecule has 0 amide bonds. The van der Waals surface area contributed by atoms with Gasteiger partial charge in [-0.3, -0.25) is 0 Å². The third kappa shape index (κ3) is 4.44. The first-order chi connectivity index (χ1) is 10.1. The van der Waals surface area contributed by atoms with E-state index in [0.717, 1.165) is 9.37 Å². The van der Waals surface area contributed by atoms with Crippen LogP contribution in [0.2, 0.25) is 0 Å². The summed E-state index contributed by atoms with van der Waals surface area (Å²) in [6.07, 6.45) is 1.41. The van der Waals surface area contributed by atoms with E-state index in [1.807, 2.05) is 24.3 Å². The molecule has 0 spiro atoms. The summed E-state index contributed by atoms with van der Waals surface area (Å²) in [4.78, 5) is 21.0. The highest BCUT2D eigenvalue weighted by molar-refractivity contribution is 9.10. The molecule has 2 aromatic rings. The van der Waals surface area contributed by atoms with Crippen molar-refractivity contribution in [1.82, 2.24) is 9.97 Å². The van der Waals surface area contributed by atoms with Crippen LogP contribution in [0, 0.1) is 0 Å². The van der Waals surface area contributed by atoms with Gasteiger partial charge in [0.05, 0.1) is 12.4 Å². The summed E-state index contributed by atoms with van der Waals surface area (Å²) in [5.74, 6) is 0.795. The number of hydrogen-bond donors (Lipinski definition) is 1. The van der Waals surface area contributed by atoms with Gasteiger partial charge in [-0.05, 0) is 25.1 Å². The molecule has 21 heavy (non-hydrogen) atoms. The monoisotopic (exact) mass is 367 g/mol. The number of nitrogens with two attached hydrogens (primary N) is 1. The first kappa shape index (κ1) is 15.8. The number of aromatic nitrogens is 2. The number of rotatable bonds is 5. The van der Waals surface area contributed by atoms with Crippen molar-refractivity contribution in [3.63, 3.8) is 0 Å². The van der Waals surface area contributed by atoms with Crippen molar-refractivity contribution >= 4 is 39.5 Å². The molecule has 0 saturated carbocycles. The zero-order valence-corrected chi connectivity index (χ0v) is 13.8. The Bertz CT molecular complexity index is 652. The van der Waals surface area contributed by atoms with Crippen LogP contribution in [0.4, 0.5) is 5.82 Å². The molecule has 2 rings (SSSR count). The topological polar surface area (TPSA) is 78.1 Å². The number of nitrogens with zero attached hydrogens (tertiary/aromatic N) is 2. The second-order valence-electron chi connectivity index (χ2n) is 4.05. The second-order valence-corrected chi connectivity index (χ2v) is 6.02. The van der Waals surface area contributed by atoms with Crippen molar-refractivity contribution in [3.8, 4) is 0 Å². The van der Waals surface area contributed by atoms with Crippen LogP contribution in [0.5, 0.6) is 0 Å². The van der Waals surface area contributed by atoms with E-state index in [1.165, 1.54) is 6.20 Å². The Morgan fingerprint density at radius 1 is 1.48 bits per heavy atom. The van der Waals surface area contributed by atoms with Crippen LogP contribution in [0.1, 0.15) is 23.1 Å². The molecule has 0 radical (unpaired) electrons. The molecule has 0 bridgehead atoms. The normalized spacial score (nSPS) is 10.4. The van der Waals surface area contributed by atoms with Crippen LogP contribution in [-0.2, 0) is 10.5 Å². The molecule has 0 aliphatic carbocycles. The lowest BCUT2D eigenvalue weighted by Gasteiger charge is -2.06. The van der Waals surface area contributed by atoms with E-state index in [-0.39, 0.29) is 11.4 Å². The molecule has 110 valence electrons. The number of benzene rings is 1. The summed E-state index contributed by atoms with van der Waals surface area (Å²) in [6, 6.07) is 7.95. The van der Waals surface area contributed by atoms with E-state index >= 15 is 0 Å². The molecule has 1 aromatic carbocycles. The number of carbonyl (C=O) groups excluding carboxylic acids is 1. The molecule has 1 aromatic heterocycles. The van der Waals surface area contributed by atoms with E-state index < -0.39 is 5.97 Å². The molecule has 1 heterocycles. The minimum atomic E-state index is -0.499. The van der Waals surface area contributed by atoms with Gasteiger partial charge in [0, 0.05) is 15.6 Å². The minimum absolute atomic E-state index is 0.147. The molecule has 0 aliphatic heterocycles.